The molecule has 1 heterocycles. The van der Waals surface area contributed by atoms with Crippen LogP contribution in [-0.4, -0.2) is 4.57 Å². The summed E-state index contributed by atoms with van der Waals surface area (Å²) in [7, 11) is 0. The van der Waals surface area contributed by atoms with Crippen LogP contribution in [0.2, 0.25) is 0 Å². The highest BCUT2D eigenvalue weighted by atomic mass is 15.1. The highest BCUT2D eigenvalue weighted by Gasteiger charge is 2.40. The number of hydrogen-bond acceptors (Lipinski definition) is 0. The van der Waals surface area contributed by atoms with Gasteiger partial charge in [-0.15, -0.1) is 0 Å². The zero-order valence-electron chi connectivity index (χ0n) is 36.1. The highest BCUT2D eigenvalue weighted by molar-refractivity contribution is 5.30. The molecule has 0 saturated heterocycles. The van der Waals surface area contributed by atoms with E-state index in [9.17, 15) is 0 Å². The number of aromatic nitrogens is 2. The maximum atomic E-state index is 2.60. The maximum absolute atomic E-state index is 2.60. The third-order valence-corrected chi connectivity index (χ3v) is 12.5. The Balaban J connectivity index is 1.43. The van der Waals surface area contributed by atoms with Gasteiger partial charge in [0.15, 0.2) is 0 Å². The fraction of sp³-hybridized carbons (Fsp3) is 0.712. The maximum Gasteiger partial charge on any atom is 0.244 e. The number of unbranched alkanes of at least 4 members (excludes halogenated alkanes) is 27. The first-order chi connectivity index (χ1) is 26.7. The molecule has 304 valence electrons. The summed E-state index contributed by atoms with van der Waals surface area (Å²) in [6.45, 7) is 8.30. The van der Waals surface area contributed by atoms with E-state index >= 15 is 0 Å². The molecule has 1 aromatic heterocycles. The van der Waals surface area contributed by atoms with Crippen molar-refractivity contribution >= 4 is 0 Å². The molecule has 0 amide bonds. The summed E-state index contributed by atoms with van der Waals surface area (Å²) < 4.78 is 5.08. The largest absolute Gasteiger partial charge is 0.244 e. The molecule has 0 aliphatic heterocycles. The van der Waals surface area contributed by atoms with Crippen molar-refractivity contribution in [3.63, 3.8) is 0 Å². The number of nitrogens with zero attached hydrogens (tertiary/aromatic N) is 2. The Morgan fingerprint density at radius 3 is 1.31 bits per heavy atom. The van der Waals surface area contributed by atoms with Crippen molar-refractivity contribution < 1.29 is 4.57 Å². The summed E-state index contributed by atoms with van der Waals surface area (Å²) in [6.07, 6.45) is 50.6. The summed E-state index contributed by atoms with van der Waals surface area (Å²) in [5.74, 6) is 0. The molecule has 54 heavy (non-hydrogen) atoms. The predicted octanol–water partition coefficient (Wildman–Crippen LogP) is 16.3. The Hall–Kier alpha value is -2.35. The second kappa shape index (κ2) is 30.8. The number of benzene rings is 2. The molecule has 0 radical (unpaired) electrons. The van der Waals surface area contributed by atoms with E-state index in [-0.39, 0.29) is 5.41 Å². The quantitative estimate of drug-likeness (QED) is 0.0415. The van der Waals surface area contributed by atoms with Gasteiger partial charge in [0.25, 0.3) is 0 Å². The van der Waals surface area contributed by atoms with Gasteiger partial charge in [-0.25, -0.2) is 9.13 Å². The molecular weight excluding hydrogens is 653 g/mol. The highest BCUT2D eigenvalue weighted by Crippen LogP contribution is 2.41. The van der Waals surface area contributed by atoms with E-state index in [4.69, 9.17) is 0 Å². The summed E-state index contributed by atoms with van der Waals surface area (Å²) >= 11 is 0. The van der Waals surface area contributed by atoms with Crippen LogP contribution in [0.25, 0.3) is 0 Å². The summed E-state index contributed by atoms with van der Waals surface area (Å²) in [5.41, 5.74) is 2.91. The van der Waals surface area contributed by atoms with E-state index in [2.05, 4.69) is 109 Å². The zero-order chi connectivity index (χ0) is 38.2. The minimum atomic E-state index is 0.00508. The smallest absolute Gasteiger partial charge is 0.237 e. The first-order valence-electron chi connectivity index (χ1n) is 23.8. The van der Waals surface area contributed by atoms with E-state index in [1.54, 1.807) is 0 Å². The van der Waals surface area contributed by atoms with Crippen LogP contribution < -0.4 is 4.57 Å². The van der Waals surface area contributed by atoms with E-state index in [0.717, 1.165) is 13.0 Å². The fourth-order valence-electron chi connectivity index (χ4n) is 8.97. The van der Waals surface area contributed by atoms with Gasteiger partial charge in [-0.2, -0.15) is 0 Å². The molecule has 0 bridgehead atoms. The first kappa shape index (κ1) is 46.0. The molecule has 2 unspecified atom stereocenters. The van der Waals surface area contributed by atoms with Crippen LogP contribution in [0.5, 0.6) is 0 Å². The molecule has 2 heteroatoms. The van der Waals surface area contributed by atoms with Gasteiger partial charge >= 0.3 is 0 Å². The average Bonchev–Trinajstić information content (AvgIpc) is 3.66. The number of hydrogen-bond donors (Lipinski definition) is 0. The van der Waals surface area contributed by atoms with Crippen LogP contribution in [0.15, 0.2) is 79.4 Å². The van der Waals surface area contributed by atoms with Crippen LogP contribution in [0.1, 0.15) is 231 Å². The van der Waals surface area contributed by atoms with Gasteiger partial charge in [0, 0.05) is 5.41 Å². The molecule has 2 aromatic carbocycles. The zero-order valence-corrected chi connectivity index (χ0v) is 36.1. The minimum absolute atomic E-state index is 0.00508. The Kier molecular flexibility index (Phi) is 26.3. The van der Waals surface area contributed by atoms with Gasteiger partial charge in [0.1, 0.15) is 18.4 Å². The average molecular weight is 740 g/mol. The molecule has 3 rings (SSSR count). The lowest BCUT2D eigenvalue weighted by molar-refractivity contribution is -0.697. The molecule has 0 fully saturated rings. The van der Waals surface area contributed by atoms with Gasteiger partial charge in [-0.05, 0) is 43.2 Å². The second-order valence-electron chi connectivity index (χ2n) is 17.4. The van der Waals surface area contributed by atoms with Crippen molar-refractivity contribution in [1.82, 2.24) is 4.57 Å². The molecule has 0 spiro atoms. The Bertz CT molecular complexity index is 1230. The van der Waals surface area contributed by atoms with E-state index in [0.29, 0.717) is 6.04 Å². The van der Waals surface area contributed by atoms with Crippen molar-refractivity contribution in [3.05, 3.63) is 90.5 Å². The van der Waals surface area contributed by atoms with Crippen LogP contribution in [0.4, 0.5) is 0 Å². The Morgan fingerprint density at radius 1 is 0.481 bits per heavy atom. The lowest BCUT2D eigenvalue weighted by Gasteiger charge is -2.37. The lowest BCUT2D eigenvalue weighted by Crippen LogP contribution is -2.38. The Labute approximate surface area is 336 Å². The third kappa shape index (κ3) is 20.0. The number of imidazole rings is 1. The molecule has 3 aromatic rings. The molecule has 0 saturated carbocycles. The monoisotopic (exact) mass is 740 g/mol. The van der Waals surface area contributed by atoms with Crippen molar-refractivity contribution in [3.8, 4) is 0 Å². The van der Waals surface area contributed by atoms with Crippen molar-refractivity contribution in [2.75, 3.05) is 0 Å². The number of rotatable bonds is 36. The van der Waals surface area contributed by atoms with Gasteiger partial charge in [0.05, 0.1) is 6.54 Å². The van der Waals surface area contributed by atoms with Gasteiger partial charge < -0.3 is 0 Å². The third-order valence-electron chi connectivity index (χ3n) is 12.5. The summed E-state index contributed by atoms with van der Waals surface area (Å²) in [4.78, 5) is 0. The van der Waals surface area contributed by atoms with Gasteiger partial charge in [0.2, 0.25) is 6.33 Å². The number of aryl methyl sites for hydroxylation is 1. The van der Waals surface area contributed by atoms with Crippen LogP contribution in [-0.2, 0) is 18.4 Å². The standard InChI is InChI=1S/C52H87N2/c1-4-6-8-10-12-14-16-18-19-20-21-22-24-26-28-30-38-44-53-45-46-54(48-53)51(43-37-29-27-25-23-17-15-13-11-9-7-5-2)52(3,50-41-35-32-36-42-50)47-49-39-33-31-34-40-49/h31-36,39-42,45-46,48,51H,4-30,37-38,43-44,47H2,1-3H3/q+1. The van der Waals surface area contributed by atoms with Gasteiger partial charge in [-0.1, -0.05) is 248 Å². The summed E-state index contributed by atoms with van der Waals surface area (Å²) in [5, 5.41) is 0. The van der Waals surface area contributed by atoms with Crippen LogP contribution in [0.3, 0.4) is 0 Å². The normalized spacial score (nSPS) is 13.3. The second-order valence-corrected chi connectivity index (χ2v) is 17.4. The molecule has 0 N–H and O–H groups in total. The Morgan fingerprint density at radius 2 is 0.870 bits per heavy atom. The van der Waals surface area contributed by atoms with E-state index < -0.39 is 0 Å². The van der Waals surface area contributed by atoms with E-state index in [1.165, 1.54) is 204 Å². The van der Waals surface area contributed by atoms with Crippen molar-refractivity contribution in [1.29, 1.82) is 0 Å². The van der Waals surface area contributed by atoms with E-state index in [1.807, 2.05) is 0 Å². The first-order valence-corrected chi connectivity index (χ1v) is 23.8. The molecular formula is C52H87N2+. The van der Waals surface area contributed by atoms with Crippen molar-refractivity contribution in [2.45, 2.75) is 238 Å². The molecule has 2 nitrogen and oxygen atoms in total. The van der Waals surface area contributed by atoms with Gasteiger partial charge in [-0.3, -0.25) is 0 Å². The van der Waals surface area contributed by atoms with Crippen molar-refractivity contribution in [2.24, 2.45) is 0 Å². The molecule has 2 atom stereocenters. The predicted molar refractivity (Wildman–Crippen MR) is 237 cm³/mol. The van der Waals surface area contributed by atoms with Crippen LogP contribution in [0, 0.1) is 0 Å². The fourth-order valence-corrected chi connectivity index (χ4v) is 8.97. The summed E-state index contributed by atoms with van der Waals surface area (Å²) in [6, 6.07) is 23.1. The molecule has 0 aliphatic rings. The molecule has 0 aliphatic carbocycles. The van der Waals surface area contributed by atoms with Crippen LogP contribution >= 0.6 is 0 Å². The SMILES string of the molecule is CCCCCCCCCCCCCCCCCCC[n+]1ccn(C(CCCCCCCCCCCCCC)C(C)(Cc2ccccc2)c2ccccc2)c1. The lowest BCUT2D eigenvalue weighted by atomic mass is 9.70. The topological polar surface area (TPSA) is 8.81 Å². The minimum Gasteiger partial charge on any atom is -0.237 e.